The number of aromatic nitrogens is 2. The highest BCUT2D eigenvalue weighted by Gasteiger charge is 2.76. The van der Waals surface area contributed by atoms with Crippen LogP contribution in [0.2, 0.25) is 0 Å². The zero-order valence-electron chi connectivity index (χ0n) is 24.5. The summed E-state index contributed by atoms with van der Waals surface area (Å²) in [5.74, 6) is -2.49. The van der Waals surface area contributed by atoms with E-state index in [1.165, 1.54) is 4.90 Å². The second-order valence-electron chi connectivity index (χ2n) is 12.3. The van der Waals surface area contributed by atoms with Gasteiger partial charge >= 0.3 is 24.0 Å². The van der Waals surface area contributed by atoms with E-state index >= 15 is 0 Å². The molecule has 1 fully saturated rings. The number of hydrogen-bond acceptors (Lipinski definition) is 5. The van der Waals surface area contributed by atoms with Gasteiger partial charge in [-0.15, -0.1) is 0 Å². The summed E-state index contributed by atoms with van der Waals surface area (Å²) >= 11 is 0. The second-order valence-corrected chi connectivity index (χ2v) is 12.3. The SMILES string of the molecule is Cc1c[nH]c2ncc(-c3cc4c(c(C5CCCN5C(=O)OC(C)(C)C)c3)CN(C(=O)C(O)(C(F)(F)F)C(F)(F)F)CC4)cc12. The fourth-order valence-corrected chi connectivity index (χ4v) is 5.89. The lowest BCUT2D eigenvalue weighted by Crippen LogP contribution is -2.66. The molecule has 2 aliphatic rings. The minimum Gasteiger partial charge on any atom is -0.444 e. The lowest BCUT2D eigenvalue weighted by Gasteiger charge is -2.39. The van der Waals surface area contributed by atoms with Crippen LogP contribution in [-0.2, 0) is 22.5 Å². The van der Waals surface area contributed by atoms with Crippen LogP contribution in [-0.4, -0.2) is 73.5 Å². The molecule has 0 spiro atoms. The van der Waals surface area contributed by atoms with Gasteiger partial charge < -0.3 is 24.6 Å². The summed E-state index contributed by atoms with van der Waals surface area (Å²) in [6.45, 7) is 6.24. The predicted octanol–water partition coefficient (Wildman–Crippen LogP) is 6.35. The highest BCUT2D eigenvalue weighted by molar-refractivity contribution is 5.88. The van der Waals surface area contributed by atoms with E-state index < -0.39 is 54.7 Å². The number of ether oxygens (including phenoxy) is 1. The Morgan fingerprint density at radius 3 is 2.34 bits per heavy atom. The van der Waals surface area contributed by atoms with Gasteiger partial charge in [-0.3, -0.25) is 4.79 Å². The summed E-state index contributed by atoms with van der Waals surface area (Å²) in [6.07, 6.45) is -8.80. The smallest absolute Gasteiger partial charge is 0.435 e. The van der Waals surface area contributed by atoms with E-state index in [1.54, 1.807) is 39.1 Å². The maximum absolute atomic E-state index is 13.6. The number of amides is 2. The largest absolute Gasteiger partial charge is 0.444 e. The van der Waals surface area contributed by atoms with Crippen molar-refractivity contribution in [2.24, 2.45) is 0 Å². The predicted molar refractivity (Wildman–Crippen MR) is 147 cm³/mol. The Hall–Kier alpha value is -3.81. The van der Waals surface area contributed by atoms with Crippen LogP contribution in [0.5, 0.6) is 0 Å². The molecule has 1 saturated heterocycles. The maximum atomic E-state index is 13.6. The normalized spacial score (nSPS) is 18.1. The monoisotopic (exact) mass is 626 g/mol. The van der Waals surface area contributed by atoms with Crippen LogP contribution >= 0.6 is 0 Å². The van der Waals surface area contributed by atoms with Crippen molar-refractivity contribution < 1.29 is 45.8 Å². The van der Waals surface area contributed by atoms with E-state index in [0.29, 0.717) is 57.8 Å². The van der Waals surface area contributed by atoms with Gasteiger partial charge in [0.05, 0.1) is 6.04 Å². The Kier molecular flexibility index (Phi) is 7.67. The molecule has 0 bridgehead atoms. The van der Waals surface area contributed by atoms with Crippen LogP contribution in [0, 0.1) is 6.92 Å². The molecule has 4 heterocycles. The first-order valence-corrected chi connectivity index (χ1v) is 14.1. The highest BCUT2D eigenvalue weighted by atomic mass is 19.4. The summed E-state index contributed by atoms with van der Waals surface area (Å²) < 4.78 is 87.0. The Morgan fingerprint density at radius 1 is 1.02 bits per heavy atom. The van der Waals surface area contributed by atoms with Gasteiger partial charge in [-0.1, -0.05) is 6.07 Å². The van der Waals surface area contributed by atoms with Crippen molar-refractivity contribution in [3.8, 4) is 11.1 Å². The number of aliphatic hydroxyl groups is 1. The third kappa shape index (κ3) is 5.48. The van der Waals surface area contributed by atoms with E-state index in [0.717, 1.165) is 10.9 Å². The Bertz CT molecular complexity index is 1590. The van der Waals surface area contributed by atoms with Gasteiger partial charge in [0.1, 0.15) is 11.2 Å². The molecule has 1 aromatic carbocycles. The minimum absolute atomic E-state index is 0.0777. The number of rotatable bonds is 3. The summed E-state index contributed by atoms with van der Waals surface area (Å²) in [6, 6.07) is 4.82. The number of nitrogens with zero attached hydrogens (tertiary/aromatic N) is 3. The molecule has 0 radical (unpaired) electrons. The number of H-pyrrole nitrogens is 1. The molecule has 0 aliphatic carbocycles. The van der Waals surface area contributed by atoms with E-state index in [4.69, 9.17) is 4.74 Å². The van der Waals surface area contributed by atoms with Crippen LogP contribution in [0.15, 0.2) is 30.6 Å². The fraction of sp³-hybridized carbons (Fsp3) is 0.500. The zero-order chi connectivity index (χ0) is 32.4. The van der Waals surface area contributed by atoms with E-state index in [-0.39, 0.29) is 6.42 Å². The number of likely N-dealkylation sites (tertiary alicyclic amines) is 1. The Balaban J connectivity index is 1.61. The van der Waals surface area contributed by atoms with Crippen molar-refractivity contribution in [1.29, 1.82) is 0 Å². The molecule has 1 unspecified atom stereocenters. The number of carbonyl (C=O) groups is 2. The van der Waals surface area contributed by atoms with Gasteiger partial charge in [-0.2, -0.15) is 26.3 Å². The lowest BCUT2D eigenvalue weighted by molar-refractivity contribution is -0.353. The van der Waals surface area contributed by atoms with Crippen molar-refractivity contribution in [3.63, 3.8) is 0 Å². The third-order valence-corrected chi connectivity index (χ3v) is 8.11. The van der Waals surface area contributed by atoms with E-state index in [2.05, 4.69) is 9.97 Å². The van der Waals surface area contributed by atoms with Gasteiger partial charge in [0.2, 0.25) is 0 Å². The van der Waals surface area contributed by atoms with Crippen LogP contribution in [0.3, 0.4) is 0 Å². The first kappa shape index (κ1) is 31.6. The quantitative estimate of drug-likeness (QED) is 0.330. The average Bonchev–Trinajstić information content (AvgIpc) is 3.56. The van der Waals surface area contributed by atoms with Gasteiger partial charge in [-0.25, -0.2) is 9.78 Å². The lowest BCUT2D eigenvalue weighted by atomic mass is 9.86. The number of hydrogen-bond donors (Lipinski definition) is 2. The standard InChI is InChI=1S/C30H32F6N4O4/c1-16-13-37-24-20(16)12-19(14-38-24)18-10-17-7-9-39(25(41)28(43,29(31,32)33)30(34,35)36)15-22(17)21(11-18)23-6-5-8-40(23)26(42)44-27(2,3)4/h10-14,23,43H,5-9,15H2,1-4H3,(H,37,38). The van der Waals surface area contributed by atoms with Gasteiger partial charge in [0.15, 0.2) is 0 Å². The zero-order valence-corrected chi connectivity index (χ0v) is 24.5. The molecule has 44 heavy (non-hydrogen) atoms. The number of carbonyl (C=O) groups excluding carboxylic acids is 2. The van der Waals surface area contributed by atoms with Crippen molar-refractivity contribution in [1.82, 2.24) is 19.8 Å². The number of nitrogens with one attached hydrogen (secondary N) is 1. The molecule has 5 rings (SSSR count). The molecule has 2 aromatic heterocycles. The second kappa shape index (κ2) is 10.7. The summed E-state index contributed by atoms with van der Waals surface area (Å²) in [5, 5.41) is 10.7. The molecule has 1 atom stereocenters. The summed E-state index contributed by atoms with van der Waals surface area (Å²) in [7, 11) is 0. The van der Waals surface area contributed by atoms with Crippen LogP contribution in [0.1, 0.15) is 61.9 Å². The minimum atomic E-state index is -6.30. The van der Waals surface area contributed by atoms with Gasteiger partial charge in [0, 0.05) is 43.0 Å². The van der Waals surface area contributed by atoms with Crippen molar-refractivity contribution in [2.75, 3.05) is 13.1 Å². The van der Waals surface area contributed by atoms with Crippen LogP contribution in [0.25, 0.3) is 22.2 Å². The summed E-state index contributed by atoms with van der Waals surface area (Å²) in [5.41, 5.74) is -1.94. The molecule has 3 aromatic rings. The Labute approximate surface area is 249 Å². The molecule has 238 valence electrons. The number of pyridine rings is 1. The third-order valence-electron chi connectivity index (χ3n) is 8.11. The Morgan fingerprint density at radius 2 is 1.70 bits per heavy atom. The van der Waals surface area contributed by atoms with E-state index in [1.807, 2.05) is 19.2 Å². The number of aromatic amines is 1. The number of aryl methyl sites for hydroxylation is 1. The first-order valence-electron chi connectivity index (χ1n) is 14.1. The fourth-order valence-electron chi connectivity index (χ4n) is 5.89. The van der Waals surface area contributed by atoms with Gasteiger partial charge in [0.25, 0.3) is 5.91 Å². The molecule has 14 heteroatoms. The molecule has 2 N–H and O–H groups in total. The van der Waals surface area contributed by atoms with Crippen molar-refractivity contribution in [3.05, 3.63) is 52.8 Å². The van der Waals surface area contributed by atoms with Crippen molar-refractivity contribution >= 4 is 23.0 Å². The molecule has 8 nitrogen and oxygen atoms in total. The average molecular weight is 627 g/mol. The maximum Gasteiger partial charge on any atom is 0.435 e. The summed E-state index contributed by atoms with van der Waals surface area (Å²) in [4.78, 5) is 35.5. The molecule has 0 saturated carbocycles. The molecular weight excluding hydrogens is 594 g/mol. The molecule has 2 aliphatic heterocycles. The number of benzene rings is 1. The molecular formula is C30H32F6N4O4. The van der Waals surface area contributed by atoms with E-state index in [9.17, 15) is 41.0 Å². The van der Waals surface area contributed by atoms with Crippen LogP contribution in [0.4, 0.5) is 31.1 Å². The topological polar surface area (TPSA) is 98.8 Å². The number of halogens is 6. The van der Waals surface area contributed by atoms with Gasteiger partial charge in [-0.05, 0) is 86.9 Å². The molecule has 2 amide bonds. The number of fused-ring (bicyclic) bond motifs is 2. The first-order chi connectivity index (χ1) is 20.3. The number of alkyl halides is 6. The van der Waals surface area contributed by atoms with Crippen LogP contribution < -0.4 is 0 Å². The van der Waals surface area contributed by atoms with Crippen molar-refractivity contribution in [2.45, 2.75) is 83.1 Å². The highest BCUT2D eigenvalue weighted by Crippen LogP contribution is 2.46.